The van der Waals surface area contributed by atoms with Crippen LogP contribution in [-0.4, -0.2) is 20.6 Å². The first-order chi connectivity index (χ1) is 14.7. The lowest BCUT2D eigenvalue weighted by Gasteiger charge is -2.23. The molecule has 5 nitrogen and oxygen atoms in total. The van der Waals surface area contributed by atoms with Gasteiger partial charge in [0.1, 0.15) is 0 Å². The van der Waals surface area contributed by atoms with Crippen molar-refractivity contribution in [3.63, 3.8) is 0 Å². The normalized spacial score (nSPS) is 11.2. The quantitative estimate of drug-likeness (QED) is 0.561. The Labute approximate surface area is 184 Å². The van der Waals surface area contributed by atoms with Crippen LogP contribution in [0.4, 0.5) is 11.4 Å². The third-order valence-electron chi connectivity index (χ3n) is 5.06. The predicted octanol–water partition coefficient (Wildman–Crippen LogP) is 5.08. The molecule has 162 valence electrons. The van der Waals surface area contributed by atoms with E-state index in [4.69, 9.17) is 0 Å². The van der Waals surface area contributed by atoms with Crippen LogP contribution < -0.4 is 9.62 Å². The maximum Gasteiger partial charge on any atom is 0.255 e. The fourth-order valence-electron chi connectivity index (χ4n) is 3.45. The van der Waals surface area contributed by atoms with Crippen molar-refractivity contribution >= 4 is 27.3 Å². The standard InChI is InChI=1S/C25H28N2O3S/c1-5-20-8-12-23(13-9-20)26-25(28)22-10-6-21(7-11-22)17-27(31(4,29)30)24-15-18(2)14-19(3)16-24/h6-16H,5,17H2,1-4H3,(H,26,28). The Balaban J connectivity index is 1.76. The van der Waals surface area contributed by atoms with Crippen molar-refractivity contribution in [1.29, 1.82) is 0 Å². The number of aryl methyl sites for hydroxylation is 3. The van der Waals surface area contributed by atoms with Crippen molar-refractivity contribution < 1.29 is 13.2 Å². The van der Waals surface area contributed by atoms with E-state index in [2.05, 4.69) is 12.2 Å². The Kier molecular flexibility index (Phi) is 6.81. The third-order valence-corrected chi connectivity index (χ3v) is 6.20. The fraction of sp³-hybridized carbons (Fsp3) is 0.240. The lowest BCUT2D eigenvalue weighted by Crippen LogP contribution is -2.29. The highest BCUT2D eigenvalue weighted by Crippen LogP contribution is 2.24. The summed E-state index contributed by atoms with van der Waals surface area (Å²) in [7, 11) is -3.47. The van der Waals surface area contributed by atoms with Crippen molar-refractivity contribution in [2.75, 3.05) is 15.9 Å². The predicted molar refractivity (Wildman–Crippen MR) is 127 cm³/mol. The van der Waals surface area contributed by atoms with Crippen molar-refractivity contribution in [1.82, 2.24) is 0 Å². The number of nitrogens with one attached hydrogen (secondary N) is 1. The monoisotopic (exact) mass is 436 g/mol. The molecule has 0 spiro atoms. The van der Waals surface area contributed by atoms with E-state index in [9.17, 15) is 13.2 Å². The summed E-state index contributed by atoms with van der Waals surface area (Å²) in [5, 5.41) is 2.89. The van der Waals surface area contributed by atoms with E-state index >= 15 is 0 Å². The molecule has 0 bridgehead atoms. The molecule has 0 fully saturated rings. The molecule has 1 N–H and O–H groups in total. The van der Waals surface area contributed by atoms with Crippen LogP contribution in [0.25, 0.3) is 0 Å². The highest BCUT2D eigenvalue weighted by molar-refractivity contribution is 7.92. The molecule has 1 amide bonds. The average molecular weight is 437 g/mol. The van der Waals surface area contributed by atoms with Gasteiger partial charge in [-0.1, -0.05) is 37.3 Å². The molecule has 6 heteroatoms. The molecule has 3 aromatic carbocycles. The van der Waals surface area contributed by atoms with Gasteiger partial charge in [0.05, 0.1) is 18.5 Å². The first-order valence-electron chi connectivity index (χ1n) is 10.2. The second kappa shape index (κ2) is 9.35. The molecule has 0 aliphatic carbocycles. The first-order valence-corrected chi connectivity index (χ1v) is 12.1. The number of carbonyl (C=O) groups is 1. The van der Waals surface area contributed by atoms with Gasteiger partial charge in [0.25, 0.3) is 5.91 Å². The zero-order valence-electron chi connectivity index (χ0n) is 18.3. The molecule has 31 heavy (non-hydrogen) atoms. The van der Waals surface area contributed by atoms with E-state index in [1.807, 2.05) is 56.3 Å². The second-order valence-corrected chi connectivity index (χ2v) is 9.72. The van der Waals surface area contributed by atoms with E-state index in [1.54, 1.807) is 24.3 Å². The number of nitrogens with zero attached hydrogens (tertiary/aromatic N) is 1. The molecule has 0 unspecified atom stereocenters. The van der Waals surface area contributed by atoms with Crippen molar-refractivity contribution in [2.45, 2.75) is 33.7 Å². The van der Waals surface area contributed by atoms with Gasteiger partial charge in [-0.3, -0.25) is 9.10 Å². The molecule has 0 saturated carbocycles. The summed E-state index contributed by atoms with van der Waals surface area (Å²) in [4.78, 5) is 12.5. The van der Waals surface area contributed by atoms with E-state index in [1.165, 1.54) is 16.1 Å². The molecule has 0 atom stereocenters. The van der Waals surface area contributed by atoms with Crippen molar-refractivity contribution in [2.24, 2.45) is 0 Å². The van der Waals surface area contributed by atoms with E-state index in [0.717, 1.165) is 28.8 Å². The molecule has 0 aromatic heterocycles. The number of hydrogen-bond donors (Lipinski definition) is 1. The number of hydrogen-bond acceptors (Lipinski definition) is 3. The topological polar surface area (TPSA) is 66.5 Å². The number of carbonyl (C=O) groups excluding carboxylic acids is 1. The maximum absolute atomic E-state index is 12.5. The zero-order valence-corrected chi connectivity index (χ0v) is 19.2. The van der Waals surface area contributed by atoms with Crippen LogP contribution in [0.1, 0.15) is 39.5 Å². The number of sulfonamides is 1. The summed E-state index contributed by atoms with van der Waals surface area (Å²) >= 11 is 0. The van der Waals surface area contributed by atoms with Crippen LogP contribution in [0.15, 0.2) is 66.7 Å². The lowest BCUT2D eigenvalue weighted by atomic mass is 10.1. The summed E-state index contributed by atoms with van der Waals surface area (Å²) in [6, 6.07) is 20.5. The van der Waals surface area contributed by atoms with Gasteiger partial charge >= 0.3 is 0 Å². The van der Waals surface area contributed by atoms with Gasteiger partial charge in [-0.05, 0) is 78.9 Å². The lowest BCUT2D eigenvalue weighted by molar-refractivity contribution is 0.102. The smallest absolute Gasteiger partial charge is 0.255 e. The second-order valence-electron chi connectivity index (χ2n) is 7.82. The van der Waals surface area contributed by atoms with Crippen LogP contribution in [0.5, 0.6) is 0 Å². The van der Waals surface area contributed by atoms with Crippen LogP contribution in [0.2, 0.25) is 0 Å². The molecule has 0 aliphatic rings. The molecule has 0 saturated heterocycles. The number of rotatable bonds is 7. The van der Waals surface area contributed by atoms with Crippen LogP contribution in [0.3, 0.4) is 0 Å². The zero-order chi connectivity index (χ0) is 22.6. The van der Waals surface area contributed by atoms with E-state index in [0.29, 0.717) is 11.3 Å². The summed E-state index contributed by atoms with van der Waals surface area (Å²) in [5.74, 6) is -0.204. The van der Waals surface area contributed by atoms with Crippen LogP contribution >= 0.6 is 0 Å². The Morgan fingerprint density at radius 2 is 1.42 bits per heavy atom. The average Bonchev–Trinajstić information content (AvgIpc) is 2.71. The highest BCUT2D eigenvalue weighted by atomic mass is 32.2. The van der Waals surface area contributed by atoms with Gasteiger partial charge in [0, 0.05) is 11.3 Å². The van der Waals surface area contributed by atoms with Crippen molar-refractivity contribution in [3.8, 4) is 0 Å². The van der Waals surface area contributed by atoms with E-state index < -0.39 is 10.0 Å². The van der Waals surface area contributed by atoms with Gasteiger partial charge < -0.3 is 5.32 Å². The van der Waals surface area contributed by atoms with Crippen LogP contribution in [-0.2, 0) is 23.0 Å². The SMILES string of the molecule is CCc1ccc(NC(=O)c2ccc(CN(c3cc(C)cc(C)c3)S(C)(=O)=O)cc2)cc1. The van der Waals surface area contributed by atoms with Crippen LogP contribution in [0, 0.1) is 13.8 Å². The summed E-state index contributed by atoms with van der Waals surface area (Å²) in [5.41, 5.74) is 5.91. The number of anilines is 2. The Morgan fingerprint density at radius 3 is 1.94 bits per heavy atom. The summed E-state index contributed by atoms with van der Waals surface area (Å²) in [6.07, 6.45) is 2.15. The van der Waals surface area contributed by atoms with E-state index in [-0.39, 0.29) is 12.5 Å². The van der Waals surface area contributed by atoms with Gasteiger partial charge in [-0.15, -0.1) is 0 Å². The maximum atomic E-state index is 12.5. The number of amides is 1. The minimum absolute atomic E-state index is 0.197. The minimum Gasteiger partial charge on any atom is -0.322 e. The minimum atomic E-state index is -3.47. The third kappa shape index (κ3) is 5.95. The Hall–Kier alpha value is -3.12. The molecule has 0 aliphatic heterocycles. The number of benzene rings is 3. The van der Waals surface area contributed by atoms with Gasteiger partial charge in [0.15, 0.2) is 0 Å². The molecular formula is C25H28N2O3S. The Morgan fingerprint density at radius 1 is 0.871 bits per heavy atom. The summed E-state index contributed by atoms with van der Waals surface area (Å²) in [6.45, 7) is 6.17. The highest BCUT2D eigenvalue weighted by Gasteiger charge is 2.19. The summed E-state index contributed by atoms with van der Waals surface area (Å²) < 4.78 is 26.3. The first kappa shape index (κ1) is 22.6. The van der Waals surface area contributed by atoms with Crippen molar-refractivity contribution in [3.05, 3.63) is 94.5 Å². The van der Waals surface area contributed by atoms with Gasteiger partial charge in [-0.2, -0.15) is 0 Å². The van der Waals surface area contributed by atoms with Gasteiger partial charge in [0.2, 0.25) is 10.0 Å². The molecule has 0 heterocycles. The Bertz CT molecular complexity index is 1150. The molecule has 3 aromatic rings. The molecular weight excluding hydrogens is 408 g/mol. The van der Waals surface area contributed by atoms with Gasteiger partial charge in [-0.25, -0.2) is 8.42 Å². The largest absolute Gasteiger partial charge is 0.322 e. The fourth-order valence-corrected chi connectivity index (χ4v) is 4.32. The molecule has 3 rings (SSSR count). The molecule has 0 radical (unpaired) electrons.